The summed E-state index contributed by atoms with van der Waals surface area (Å²) >= 11 is 0. The van der Waals surface area contributed by atoms with E-state index in [2.05, 4.69) is 5.32 Å². The molecule has 1 aliphatic rings. The van der Waals surface area contributed by atoms with E-state index in [4.69, 9.17) is 9.47 Å². The maximum absolute atomic E-state index is 11.5. The van der Waals surface area contributed by atoms with E-state index in [1.54, 1.807) is 0 Å². The summed E-state index contributed by atoms with van der Waals surface area (Å²) in [6, 6.07) is 2.53. The lowest BCUT2D eigenvalue weighted by Crippen LogP contribution is -2.21. The number of fused-ring (bicyclic) bond motifs is 1. The largest absolute Gasteiger partial charge is 0.486 e. The molecule has 2 rings (SSSR count). The van der Waals surface area contributed by atoms with Crippen LogP contribution in [-0.4, -0.2) is 31.1 Å². The highest BCUT2D eigenvalue weighted by Crippen LogP contribution is 2.36. The van der Waals surface area contributed by atoms with Crippen molar-refractivity contribution in [3.8, 4) is 11.5 Å². The molecule has 0 spiro atoms. The van der Waals surface area contributed by atoms with Crippen molar-refractivity contribution in [2.24, 2.45) is 0 Å². The van der Waals surface area contributed by atoms with Crippen molar-refractivity contribution in [2.45, 2.75) is 0 Å². The van der Waals surface area contributed by atoms with E-state index in [9.17, 15) is 14.9 Å². The van der Waals surface area contributed by atoms with Gasteiger partial charge in [-0.25, -0.2) is 0 Å². The van der Waals surface area contributed by atoms with Gasteiger partial charge in [0.05, 0.1) is 11.0 Å². The van der Waals surface area contributed by atoms with Gasteiger partial charge in [-0.05, 0) is 0 Å². The Hall–Kier alpha value is -2.31. The first-order chi connectivity index (χ1) is 8.13. The second-order valence-electron chi connectivity index (χ2n) is 3.35. The van der Waals surface area contributed by atoms with Crippen molar-refractivity contribution in [3.63, 3.8) is 0 Å². The Morgan fingerprint density at radius 3 is 2.47 bits per heavy atom. The predicted molar refractivity (Wildman–Crippen MR) is 57.5 cm³/mol. The van der Waals surface area contributed by atoms with E-state index in [1.165, 1.54) is 19.2 Å². The Bertz CT molecular complexity index is 486. The van der Waals surface area contributed by atoms with Crippen LogP contribution in [-0.2, 0) is 0 Å². The normalized spacial score (nSPS) is 13.0. The van der Waals surface area contributed by atoms with Crippen LogP contribution in [0.25, 0.3) is 0 Å². The van der Waals surface area contributed by atoms with Crippen LogP contribution in [0.5, 0.6) is 11.5 Å². The molecule has 1 heterocycles. The Labute approximate surface area is 96.5 Å². The average Bonchev–Trinajstić information content (AvgIpc) is 2.36. The van der Waals surface area contributed by atoms with E-state index in [1.807, 2.05) is 0 Å². The van der Waals surface area contributed by atoms with Crippen LogP contribution in [0.3, 0.4) is 0 Å². The van der Waals surface area contributed by atoms with E-state index in [-0.39, 0.29) is 17.0 Å². The lowest BCUT2D eigenvalue weighted by atomic mass is 10.1. The number of hydrogen-bond donors (Lipinski definition) is 1. The summed E-state index contributed by atoms with van der Waals surface area (Å²) in [5, 5.41) is 13.2. The zero-order valence-electron chi connectivity index (χ0n) is 9.06. The molecule has 0 atom stereocenters. The molecule has 0 radical (unpaired) electrons. The van der Waals surface area contributed by atoms with Crippen molar-refractivity contribution >= 4 is 11.6 Å². The predicted octanol–water partition coefficient (Wildman–Crippen LogP) is 0.726. The third kappa shape index (κ3) is 1.99. The lowest BCUT2D eigenvalue weighted by Gasteiger charge is -2.18. The molecule has 0 saturated carbocycles. The summed E-state index contributed by atoms with van der Waals surface area (Å²) < 4.78 is 10.5. The smallest absolute Gasteiger partial charge is 0.286 e. The van der Waals surface area contributed by atoms with E-state index in [0.29, 0.717) is 19.0 Å². The van der Waals surface area contributed by atoms with Gasteiger partial charge in [-0.15, -0.1) is 0 Å². The lowest BCUT2D eigenvalue weighted by molar-refractivity contribution is -0.385. The van der Waals surface area contributed by atoms with Crippen LogP contribution in [0.4, 0.5) is 5.69 Å². The van der Waals surface area contributed by atoms with Gasteiger partial charge >= 0.3 is 0 Å². The van der Waals surface area contributed by atoms with Gasteiger partial charge in [-0.3, -0.25) is 14.9 Å². The molecule has 7 heteroatoms. The topological polar surface area (TPSA) is 90.7 Å². The molecule has 1 aromatic carbocycles. The van der Waals surface area contributed by atoms with Crippen molar-refractivity contribution in [1.29, 1.82) is 0 Å². The van der Waals surface area contributed by atoms with Crippen LogP contribution < -0.4 is 14.8 Å². The molecule has 90 valence electrons. The molecular weight excluding hydrogens is 228 g/mol. The van der Waals surface area contributed by atoms with Gasteiger partial charge in [0.2, 0.25) is 0 Å². The number of nitro groups is 1. The third-order valence-electron chi connectivity index (χ3n) is 2.33. The number of carbonyl (C=O) groups is 1. The summed E-state index contributed by atoms with van der Waals surface area (Å²) in [5.74, 6) is 0.102. The summed E-state index contributed by atoms with van der Waals surface area (Å²) in [6.07, 6.45) is 0. The van der Waals surface area contributed by atoms with Crippen LogP contribution >= 0.6 is 0 Å². The summed E-state index contributed by atoms with van der Waals surface area (Å²) in [5.41, 5.74) is -0.338. The minimum Gasteiger partial charge on any atom is -0.486 e. The molecule has 0 saturated heterocycles. The highest BCUT2D eigenvalue weighted by molar-refractivity contribution is 5.98. The molecule has 17 heavy (non-hydrogen) atoms. The van der Waals surface area contributed by atoms with Crippen molar-refractivity contribution in [2.75, 3.05) is 20.3 Å². The Morgan fingerprint density at radius 1 is 1.35 bits per heavy atom. The SMILES string of the molecule is CNC(=O)c1cc2c(cc1[N+](=O)[O-])OCCO2. The molecule has 1 aliphatic heterocycles. The van der Waals surface area contributed by atoms with Gasteiger partial charge < -0.3 is 14.8 Å². The number of nitrogens with one attached hydrogen (secondary N) is 1. The van der Waals surface area contributed by atoms with Crippen molar-refractivity contribution in [1.82, 2.24) is 5.32 Å². The van der Waals surface area contributed by atoms with Crippen LogP contribution in [0.15, 0.2) is 12.1 Å². The average molecular weight is 238 g/mol. The molecule has 0 fully saturated rings. The number of ether oxygens (including phenoxy) is 2. The molecule has 1 aromatic rings. The first-order valence-corrected chi connectivity index (χ1v) is 4.93. The molecule has 0 unspecified atom stereocenters. The fraction of sp³-hybridized carbons (Fsp3) is 0.300. The number of amides is 1. The fourth-order valence-corrected chi connectivity index (χ4v) is 1.55. The first-order valence-electron chi connectivity index (χ1n) is 4.93. The minimum atomic E-state index is -0.622. The standard InChI is InChI=1S/C10H10N2O5/c1-11-10(13)6-4-8-9(17-3-2-16-8)5-7(6)12(14)15/h4-5H,2-3H2,1H3,(H,11,13). The molecular formula is C10H10N2O5. The second-order valence-corrected chi connectivity index (χ2v) is 3.35. The molecule has 1 amide bonds. The first kappa shape index (κ1) is 11.2. The fourth-order valence-electron chi connectivity index (χ4n) is 1.55. The van der Waals surface area contributed by atoms with Crippen molar-refractivity contribution in [3.05, 3.63) is 27.8 Å². The number of benzene rings is 1. The van der Waals surface area contributed by atoms with E-state index < -0.39 is 10.8 Å². The number of nitro benzene ring substituents is 1. The third-order valence-corrected chi connectivity index (χ3v) is 2.33. The zero-order chi connectivity index (χ0) is 12.4. The molecule has 1 N–H and O–H groups in total. The van der Waals surface area contributed by atoms with Crippen molar-refractivity contribution < 1.29 is 19.2 Å². The minimum absolute atomic E-state index is 0.0400. The highest BCUT2D eigenvalue weighted by atomic mass is 16.6. The quantitative estimate of drug-likeness (QED) is 0.605. The van der Waals surface area contributed by atoms with E-state index >= 15 is 0 Å². The number of rotatable bonds is 2. The molecule has 7 nitrogen and oxygen atoms in total. The monoisotopic (exact) mass is 238 g/mol. The van der Waals surface area contributed by atoms with E-state index in [0.717, 1.165) is 0 Å². The summed E-state index contributed by atoms with van der Waals surface area (Å²) in [4.78, 5) is 21.7. The van der Waals surface area contributed by atoms with Crippen LogP contribution in [0.1, 0.15) is 10.4 Å². The Kier molecular flexibility index (Phi) is 2.82. The second kappa shape index (κ2) is 4.28. The Morgan fingerprint density at radius 2 is 1.94 bits per heavy atom. The zero-order valence-corrected chi connectivity index (χ0v) is 9.06. The maximum atomic E-state index is 11.5. The highest BCUT2D eigenvalue weighted by Gasteiger charge is 2.25. The van der Waals surface area contributed by atoms with Crippen LogP contribution in [0.2, 0.25) is 0 Å². The van der Waals surface area contributed by atoms with Gasteiger partial charge in [-0.1, -0.05) is 0 Å². The molecule has 0 aromatic heterocycles. The number of nitrogens with zero attached hydrogens (tertiary/aromatic N) is 1. The Balaban J connectivity index is 2.55. The van der Waals surface area contributed by atoms with Gasteiger partial charge in [0.25, 0.3) is 11.6 Å². The maximum Gasteiger partial charge on any atom is 0.286 e. The van der Waals surface area contributed by atoms with Gasteiger partial charge in [-0.2, -0.15) is 0 Å². The van der Waals surface area contributed by atoms with Crippen LogP contribution in [0, 0.1) is 10.1 Å². The van der Waals surface area contributed by atoms with Gasteiger partial charge in [0.1, 0.15) is 18.8 Å². The number of hydrogen-bond acceptors (Lipinski definition) is 5. The molecule has 0 bridgehead atoms. The van der Waals surface area contributed by atoms with Gasteiger partial charge in [0, 0.05) is 13.1 Å². The number of carbonyl (C=O) groups excluding carboxylic acids is 1. The summed E-state index contributed by atoms with van der Waals surface area (Å²) in [6.45, 7) is 0.696. The summed E-state index contributed by atoms with van der Waals surface area (Å²) in [7, 11) is 1.41. The van der Waals surface area contributed by atoms with Gasteiger partial charge in [0.15, 0.2) is 11.5 Å². The molecule has 0 aliphatic carbocycles.